The number of ether oxygens (including phenoxy) is 1. The van der Waals surface area contributed by atoms with Crippen molar-refractivity contribution >= 4 is 15.7 Å². The first-order valence-corrected chi connectivity index (χ1v) is 7.38. The van der Waals surface area contributed by atoms with Crippen LogP contribution < -0.4 is 15.2 Å². The van der Waals surface area contributed by atoms with E-state index in [-0.39, 0.29) is 10.9 Å². The summed E-state index contributed by atoms with van der Waals surface area (Å²) in [6, 6.07) is 4.38. The molecule has 0 spiro atoms. The molecule has 1 aromatic rings. The third-order valence-corrected chi connectivity index (χ3v) is 4.34. The number of sulfonamides is 1. The van der Waals surface area contributed by atoms with Gasteiger partial charge in [-0.1, -0.05) is 13.8 Å². The van der Waals surface area contributed by atoms with Crippen LogP contribution in [-0.2, 0) is 10.0 Å². The van der Waals surface area contributed by atoms with Crippen LogP contribution in [0.1, 0.15) is 26.7 Å². The van der Waals surface area contributed by atoms with E-state index in [2.05, 4.69) is 4.72 Å². The molecule has 0 aromatic heterocycles. The first-order chi connectivity index (χ1) is 8.44. The number of methoxy groups -OCH3 is 1. The van der Waals surface area contributed by atoms with E-state index in [1.807, 2.05) is 13.8 Å². The van der Waals surface area contributed by atoms with Gasteiger partial charge in [0.05, 0.1) is 17.7 Å². The highest BCUT2D eigenvalue weighted by molar-refractivity contribution is 7.89. The van der Waals surface area contributed by atoms with E-state index in [0.29, 0.717) is 11.4 Å². The van der Waals surface area contributed by atoms with Gasteiger partial charge in [0.1, 0.15) is 5.75 Å². The fourth-order valence-corrected chi connectivity index (χ4v) is 3.02. The third-order valence-electron chi connectivity index (χ3n) is 2.82. The van der Waals surface area contributed by atoms with E-state index in [1.165, 1.54) is 25.3 Å². The first-order valence-electron chi connectivity index (χ1n) is 5.90. The van der Waals surface area contributed by atoms with Gasteiger partial charge in [0.25, 0.3) is 0 Å². The van der Waals surface area contributed by atoms with Crippen LogP contribution >= 0.6 is 0 Å². The Labute approximate surface area is 108 Å². The summed E-state index contributed by atoms with van der Waals surface area (Å²) < 4.78 is 31.9. The van der Waals surface area contributed by atoms with Crippen molar-refractivity contribution in [1.29, 1.82) is 0 Å². The van der Waals surface area contributed by atoms with Crippen LogP contribution in [0.5, 0.6) is 5.75 Å². The topological polar surface area (TPSA) is 81.4 Å². The summed E-state index contributed by atoms with van der Waals surface area (Å²) in [5.74, 6) is 0.363. The molecule has 0 aliphatic carbocycles. The predicted octanol–water partition coefficient (Wildman–Crippen LogP) is 1.74. The van der Waals surface area contributed by atoms with E-state index < -0.39 is 10.0 Å². The number of rotatable bonds is 6. The van der Waals surface area contributed by atoms with Crippen LogP contribution in [0.4, 0.5) is 5.69 Å². The molecule has 0 amide bonds. The van der Waals surface area contributed by atoms with Crippen LogP contribution in [0.2, 0.25) is 0 Å². The quantitative estimate of drug-likeness (QED) is 0.773. The van der Waals surface area contributed by atoms with Gasteiger partial charge in [-0.3, -0.25) is 0 Å². The average Bonchev–Trinajstić information content (AvgIpc) is 2.36. The molecular formula is C12H20N2O3S. The molecule has 3 N–H and O–H groups in total. The lowest BCUT2D eigenvalue weighted by molar-refractivity contribution is 0.415. The second kappa shape index (κ2) is 6.06. The van der Waals surface area contributed by atoms with Gasteiger partial charge in [-0.2, -0.15) is 0 Å². The van der Waals surface area contributed by atoms with Crippen LogP contribution in [0.25, 0.3) is 0 Å². The molecule has 1 aromatic carbocycles. The smallest absolute Gasteiger partial charge is 0.240 e. The van der Waals surface area contributed by atoms with E-state index in [9.17, 15) is 8.42 Å². The summed E-state index contributed by atoms with van der Waals surface area (Å²) in [5.41, 5.74) is 6.07. The lowest BCUT2D eigenvalue weighted by atomic mass is 10.2. The maximum absolute atomic E-state index is 12.1. The second-order valence-electron chi connectivity index (χ2n) is 4.04. The lowest BCUT2D eigenvalue weighted by Gasteiger charge is -2.15. The third kappa shape index (κ3) is 3.36. The number of hydrogen-bond donors (Lipinski definition) is 2. The molecule has 0 radical (unpaired) electrons. The Bertz CT molecular complexity index is 496. The van der Waals surface area contributed by atoms with Crippen molar-refractivity contribution in [2.45, 2.75) is 37.6 Å². The van der Waals surface area contributed by atoms with Gasteiger partial charge < -0.3 is 10.5 Å². The summed E-state index contributed by atoms with van der Waals surface area (Å²) in [7, 11) is -2.06. The molecule has 0 bridgehead atoms. The molecule has 0 saturated carbocycles. The molecular weight excluding hydrogens is 252 g/mol. The Hall–Kier alpha value is -1.27. The van der Waals surface area contributed by atoms with Crippen molar-refractivity contribution < 1.29 is 13.2 Å². The number of nitrogens with two attached hydrogens (primary N) is 1. The monoisotopic (exact) mass is 272 g/mol. The highest BCUT2D eigenvalue weighted by Gasteiger charge is 2.19. The minimum Gasteiger partial charge on any atom is -0.495 e. The van der Waals surface area contributed by atoms with E-state index >= 15 is 0 Å². The summed E-state index contributed by atoms with van der Waals surface area (Å²) >= 11 is 0. The number of benzene rings is 1. The Morgan fingerprint density at radius 3 is 2.44 bits per heavy atom. The Morgan fingerprint density at radius 2 is 1.94 bits per heavy atom. The SMILES string of the molecule is CCC(CC)NS(=O)(=O)c1ccc(N)c(OC)c1. The number of nitrogens with one attached hydrogen (secondary N) is 1. The van der Waals surface area contributed by atoms with Crippen LogP contribution in [0.3, 0.4) is 0 Å². The van der Waals surface area contributed by atoms with Crippen molar-refractivity contribution in [3.63, 3.8) is 0 Å². The fraction of sp³-hybridized carbons (Fsp3) is 0.500. The molecule has 6 heteroatoms. The Balaban J connectivity index is 3.05. The fourth-order valence-electron chi connectivity index (χ4n) is 1.60. The van der Waals surface area contributed by atoms with Crippen molar-refractivity contribution in [3.05, 3.63) is 18.2 Å². The van der Waals surface area contributed by atoms with Crippen molar-refractivity contribution in [2.75, 3.05) is 12.8 Å². The zero-order chi connectivity index (χ0) is 13.8. The Kier molecular flexibility index (Phi) is 4.98. The summed E-state index contributed by atoms with van der Waals surface area (Å²) in [5, 5.41) is 0. The van der Waals surface area contributed by atoms with Crippen LogP contribution in [-0.4, -0.2) is 21.6 Å². The minimum atomic E-state index is -3.52. The van der Waals surface area contributed by atoms with Crippen LogP contribution in [0, 0.1) is 0 Å². The molecule has 1 rings (SSSR count). The van der Waals surface area contributed by atoms with Gasteiger partial charge in [-0.15, -0.1) is 0 Å². The standard InChI is InChI=1S/C12H20N2O3S/c1-4-9(5-2)14-18(15,16)10-6-7-11(13)12(8-10)17-3/h6-9,14H,4-5,13H2,1-3H3. The molecule has 0 atom stereocenters. The average molecular weight is 272 g/mol. The highest BCUT2D eigenvalue weighted by atomic mass is 32.2. The van der Waals surface area contributed by atoms with Crippen molar-refractivity contribution in [1.82, 2.24) is 4.72 Å². The van der Waals surface area contributed by atoms with E-state index in [1.54, 1.807) is 0 Å². The molecule has 0 heterocycles. The maximum atomic E-state index is 12.1. The first kappa shape index (κ1) is 14.8. The molecule has 0 aliphatic rings. The van der Waals surface area contributed by atoms with Gasteiger partial charge in [-0.05, 0) is 25.0 Å². The molecule has 0 saturated heterocycles. The minimum absolute atomic E-state index is 0.0569. The number of nitrogen functional groups attached to an aromatic ring is 1. The highest BCUT2D eigenvalue weighted by Crippen LogP contribution is 2.24. The number of anilines is 1. The summed E-state index contributed by atoms with van der Waals surface area (Å²) in [6.07, 6.45) is 1.50. The molecule has 5 nitrogen and oxygen atoms in total. The Morgan fingerprint density at radius 1 is 1.33 bits per heavy atom. The zero-order valence-corrected chi connectivity index (χ0v) is 11.8. The second-order valence-corrected chi connectivity index (χ2v) is 5.75. The largest absolute Gasteiger partial charge is 0.495 e. The maximum Gasteiger partial charge on any atom is 0.240 e. The van der Waals surface area contributed by atoms with Crippen molar-refractivity contribution in [3.8, 4) is 5.75 Å². The van der Waals surface area contributed by atoms with E-state index in [4.69, 9.17) is 10.5 Å². The van der Waals surface area contributed by atoms with Gasteiger partial charge in [-0.25, -0.2) is 13.1 Å². The number of hydrogen-bond acceptors (Lipinski definition) is 4. The van der Waals surface area contributed by atoms with Crippen molar-refractivity contribution in [2.24, 2.45) is 0 Å². The lowest BCUT2D eigenvalue weighted by Crippen LogP contribution is -2.33. The molecule has 102 valence electrons. The van der Waals surface area contributed by atoms with Crippen LogP contribution in [0.15, 0.2) is 23.1 Å². The van der Waals surface area contributed by atoms with E-state index in [0.717, 1.165) is 12.8 Å². The van der Waals surface area contributed by atoms with Gasteiger partial charge in [0, 0.05) is 12.1 Å². The van der Waals surface area contributed by atoms with Gasteiger partial charge in [0.15, 0.2) is 0 Å². The van der Waals surface area contributed by atoms with Gasteiger partial charge >= 0.3 is 0 Å². The molecule has 0 aliphatic heterocycles. The molecule has 0 fully saturated rings. The summed E-state index contributed by atoms with van der Waals surface area (Å²) in [6.45, 7) is 3.89. The molecule has 0 unspecified atom stereocenters. The summed E-state index contributed by atoms with van der Waals surface area (Å²) in [4.78, 5) is 0.167. The normalized spacial score (nSPS) is 11.8. The predicted molar refractivity (Wildman–Crippen MR) is 72.1 cm³/mol. The molecule has 18 heavy (non-hydrogen) atoms. The zero-order valence-electron chi connectivity index (χ0n) is 10.9. The van der Waals surface area contributed by atoms with Gasteiger partial charge in [0.2, 0.25) is 10.0 Å².